The fourth-order valence-corrected chi connectivity index (χ4v) is 3.95. The average Bonchev–Trinajstić information content (AvgIpc) is 2.69. The van der Waals surface area contributed by atoms with E-state index in [0.29, 0.717) is 0 Å². The molecule has 0 spiro atoms. The third-order valence-corrected chi connectivity index (χ3v) is 4.99. The van der Waals surface area contributed by atoms with Crippen molar-refractivity contribution in [3.8, 4) is 0 Å². The van der Waals surface area contributed by atoms with Gasteiger partial charge in [0.2, 0.25) is 0 Å². The molecule has 112 valence electrons. The van der Waals surface area contributed by atoms with E-state index in [2.05, 4.69) is 6.92 Å². The van der Waals surface area contributed by atoms with Gasteiger partial charge in [0.25, 0.3) is 0 Å². The molecule has 1 N–H and O–H groups in total. The monoisotopic (exact) mass is 274 g/mol. The maximum atomic E-state index is 10.5. The summed E-state index contributed by atoms with van der Waals surface area (Å²) in [5.41, 5.74) is -0.721. The molecule has 0 radical (unpaired) electrons. The smallest absolute Gasteiger partial charge is 0.147 e. The molecule has 0 saturated heterocycles. The van der Waals surface area contributed by atoms with Crippen molar-refractivity contribution in [2.24, 2.45) is 5.41 Å². The van der Waals surface area contributed by atoms with Crippen LogP contribution in [0.4, 0.5) is 0 Å². The van der Waals surface area contributed by atoms with Crippen LogP contribution in [0.15, 0.2) is 0 Å². The van der Waals surface area contributed by atoms with E-state index >= 15 is 0 Å². The molecule has 0 aromatic heterocycles. The van der Waals surface area contributed by atoms with E-state index in [0.717, 1.165) is 32.1 Å². The summed E-state index contributed by atoms with van der Waals surface area (Å²) in [6.07, 6.45) is 4.11. The second-order valence-electron chi connectivity index (χ2n) is 5.87. The van der Waals surface area contributed by atoms with Crippen LogP contribution in [-0.4, -0.2) is 50.7 Å². The zero-order valence-corrected chi connectivity index (χ0v) is 12.2. The van der Waals surface area contributed by atoms with E-state index in [1.54, 1.807) is 14.2 Å². The van der Waals surface area contributed by atoms with Crippen LogP contribution in [-0.2, 0) is 18.9 Å². The highest BCUT2D eigenvalue weighted by molar-refractivity contribution is 5.13. The van der Waals surface area contributed by atoms with Crippen LogP contribution < -0.4 is 0 Å². The Morgan fingerprint density at radius 2 is 1.84 bits per heavy atom. The fourth-order valence-electron chi connectivity index (χ4n) is 3.95. The summed E-state index contributed by atoms with van der Waals surface area (Å²) >= 11 is 0. The van der Waals surface area contributed by atoms with Crippen molar-refractivity contribution >= 4 is 0 Å². The second-order valence-corrected chi connectivity index (χ2v) is 5.87. The molecule has 0 aliphatic heterocycles. The van der Waals surface area contributed by atoms with Crippen LogP contribution in [0, 0.1) is 5.41 Å². The minimum absolute atomic E-state index is 0.0688. The predicted molar refractivity (Wildman–Crippen MR) is 69.6 cm³/mol. The number of aliphatic hydroxyl groups excluding tert-OH is 1. The van der Waals surface area contributed by atoms with Crippen molar-refractivity contribution < 1.29 is 24.1 Å². The van der Waals surface area contributed by atoms with Gasteiger partial charge < -0.3 is 24.1 Å². The van der Waals surface area contributed by atoms with Crippen LogP contribution >= 0.6 is 0 Å². The van der Waals surface area contributed by atoms with E-state index in [1.807, 2.05) is 0 Å². The number of hydrogen-bond donors (Lipinski definition) is 1. The Kier molecular flexibility index (Phi) is 4.84. The summed E-state index contributed by atoms with van der Waals surface area (Å²) in [7, 11) is 3.23. The van der Waals surface area contributed by atoms with E-state index in [4.69, 9.17) is 18.9 Å². The van der Waals surface area contributed by atoms with Crippen LogP contribution in [0.2, 0.25) is 0 Å². The van der Waals surface area contributed by atoms with Gasteiger partial charge in [-0.1, -0.05) is 13.3 Å². The number of hydrogen-bond acceptors (Lipinski definition) is 5. The van der Waals surface area contributed by atoms with Crippen LogP contribution in [0.25, 0.3) is 0 Å². The molecule has 0 unspecified atom stereocenters. The Labute approximate surface area is 115 Å². The molecule has 0 aromatic carbocycles. The molecule has 0 heterocycles. The summed E-state index contributed by atoms with van der Waals surface area (Å²) in [5, 5.41) is 10.5. The Balaban J connectivity index is 2.19. The van der Waals surface area contributed by atoms with Crippen molar-refractivity contribution in [1.29, 1.82) is 0 Å². The Morgan fingerprint density at radius 1 is 1.11 bits per heavy atom. The largest absolute Gasteiger partial charge is 0.390 e. The summed E-state index contributed by atoms with van der Waals surface area (Å²) in [5.74, 6) is 0. The Hall–Kier alpha value is -0.200. The number of methoxy groups -OCH3 is 2. The van der Waals surface area contributed by atoms with Gasteiger partial charge in [0.1, 0.15) is 19.2 Å². The van der Waals surface area contributed by atoms with Crippen molar-refractivity contribution in [1.82, 2.24) is 0 Å². The SMILES string of the molecule is COCO[C@H]1CC[C@]2(OCOC)[C@H](O)CCC[C@]12C. The lowest BCUT2D eigenvalue weighted by Gasteiger charge is -2.51. The predicted octanol–water partition coefficient (Wildman–Crippen LogP) is 1.68. The molecule has 2 saturated carbocycles. The molecule has 5 heteroatoms. The third kappa shape index (κ3) is 2.43. The standard InChI is InChI=1S/C14H26O5/c1-13-7-4-5-11(15)14(13,19-10-17-3)8-6-12(13)18-9-16-2/h11-12,15H,4-10H2,1-3H3/t11-,12+,13-,14+/m1/s1. The number of aliphatic hydroxyl groups is 1. The van der Waals surface area contributed by atoms with Gasteiger partial charge in [-0.15, -0.1) is 0 Å². The van der Waals surface area contributed by atoms with Gasteiger partial charge in [-0.05, 0) is 25.7 Å². The first kappa shape index (κ1) is 15.2. The van der Waals surface area contributed by atoms with Gasteiger partial charge in [0.05, 0.1) is 12.2 Å². The van der Waals surface area contributed by atoms with Crippen molar-refractivity contribution in [2.75, 3.05) is 27.8 Å². The highest BCUT2D eigenvalue weighted by Crippen LogP contribution is 2.57. The third-order valence-electron chi connectivity index (χ3n) is 4.99. The maximum absolute atomic E-state index is 10.5. The highest BCUT2D eigenvalue weighted by Gasteiger charge is 2.63. The summed E-state index contributed by atoms with van der Waals surface area (Å²) in [4.78, 5) is 0. The summed E-state index contributed by atoms with van der Waals surface area (Å²) < 4.78 is 21.9. The minimum Gasteiger partial charge on any atom is -0.390 e. The normalized spacial score (nSPS) is 42.3. The van der Waals surface area contributed by atoms with Crippen molar-refractivity contribution in [3.05, 3.63) is 0 Å². The fraction of sp³-hybridized carbons (Fsp3) is 1.00. The molecule has 19 heavy (non-hydrogen) atoms. The molecule has 2 aliphatic carbocycles. The lowest BCUT2D eigenvalue weighted by molar-refractivity contribution is -0.251. The van der Waals surface area contributed by atoms with Gasteiger partial charge in [0.15, 0.2) is 0 Å². The number of ether oxygens (including phenoxy) is 4. The first-order valence-electron chi connectivity index (χ1n) is 7.02. The first-order chi connectivity index (χ1) is 9.10. The number of rotatable bonds is 6. The van der Waals surface area contributed by atoms with Gasteiger partial charge in [-0.3, -0.25) is 0 Å². The van der Waals surface area contributed by atoms with E-state index in [1.165, 1.54) is 0 Å². The zero-order chi connectivity index (χ0) is 13.9. The van der Waals surface area contributed by atoms with Crippen molar-refractivity contribution in [3.63, 3.8) is 0 Å². The van der Waals surface area contributed by atoms with Gasteiger partial charge in [-0.2, -0.15) is 0 Å². The second kappa shape index (κ2) is 6.06. The van der Waals surface area contributed by atoms with E-state index in [-0.39, 0.29) is 25.1 Å². The molecular weight excluding hydrogens is 248 g/mol. The summed E-state index contributed by atoms with van der Waals surface area (Å²) in [6, 6.07) is 0. The molecule has 0 bridgehead atoms. The quantitative estimate of drug-likeness (QED) is 0.747. The molecule has 0 aromatic rings. The lowest BCUT2D eigenvalue weighted by atomic mass is 9.64. The molecule has 2 aliphatic rings. The van der Waals surface area contributed by atoms with Crippen LogP contribution in [0.5, 0.6) is 0 Å². The van der Waals surface area contributed by atoms with Crippen LogP contribution in [0.3, 0.4) is 0 Å². The average molecular weight is 274 g/mol. The molecular formula is C14H26O5. The topological polar surface area (TPSA) is 57.2 Å². The Morgan fingerprint density at radius 3 is 2.53 bits per heavy atom. The first-order valence-corrected chi connectivity index (χ1v) is 7.02. The van der Waals surface area contributed by atoms with Gasteiger partial charge in [-0.25, -0.2) is 0 Å². The Bertz CT molecular complexity index is 298. The zero-order valence-electron chi connectivity index (χ0n) is 12.2. The van der Waals surface area contributed by atoms with Crippen LogP contribution in [0.1, 0.15) is 39.0 Å². The van der Waals surface area contributed by atoms with Crippen molar-refractivity contribution in [2.45, 2.75) is 56.8 Å². The lowest BCUT2D eigenvalue weighted by Crippen LogP contribution is -2.59. The minimum atomic E-state index is -0.542. The highest BCUT2D eigenvalue weighted by atomic mass is 16.7. The summed E-state index contributed by atoms with van der Waals surface area (Å²) in [6.45, 7) is 2.67. The molecule has 0 amide bonds. The molecule has 2 fully saturated rings. The van der Waals surface area contributed by atoms with E-state index in [9.17, 15) is 5.11 Å². The molecule has 4 atom stereocenters. The number of fused-ring (bicyclic) bond motifs is 1. The van der Waals surface area contributed by atoms with E-state index < -0.39 is 11.7 Å². The maximum Gasteiger partial charge on any atom is 0.147 e. The molecule has 2 rings (SSSR count). The van der Waals surface area contributed by atoms with Gasteiger partial charge >= 0.3 is 0 Å². The van der Waals surface area contributed by atoms with Gasteiger partial charge in [0, 0.05) is 19.6 Å². The molecule has 5 nitrogen and oxygen atoms in total.